The number of amides is 1. The Hall–Kier alpha value is -1.62. The summed E-state index contributed by atoms with van der Waals surface area (Å²) < 4.78 is 13.6. The van der Waals surface area contributed by atoms with Gasteiger partial charge in [0, 0.05) is 12.2 Å². The van der Waals surface area contributed by atoms with E-state index < -0.39 is 5.82 Å². The van der Waals surface area contributed by atoms with E-state index in [1.807, 2.05) is 11.9 Å². The van der Waals surface area contributed by atoms with E-state index >= 15 is 0 Å². The van der Waals surface area contributed by atoms with Gasteiger partial charge in [0.1, 0.15) is 5.82 Å². The summed E-state index contributed by atoms with van der Waals surface area (Å²) >= 11 is 0. The highest BCUT2D eigenvalue weighted by Gasteiger charge is 2.23. The number of nitrogens with one attached hydrogen (secondary N) is 1. The fourth-order valence-electron chi connectivity index (χ4n) is 1.96. The van der Waals surface area contributed by atoms with Crippen molar-refractivity contribution in [1.29, 1.82) is 0 Å². The zero-order valence-corrected chi connectivity index (χ0v) is 12.8. The molecule has 1 unspecified atom stereocenters. The quantitative estimate of drug-likeness (QED) is 0.834. The van der Waals surface area contributed by atoms with Crippen LogP contribution < -0.4 is 11.1 Å². The van der Waals surface area contributed by atoms with Crippen LogP contribution in [0.4, 0.5) is 15.8 Å². The lowest BCUT2D eigenvalue weighted by molar-refractivity contribution is -0.120. The maximum atomic E-state index is 13.6. The lowest BCUT2D eigenvalue weighted by atomic mass is 9.95. The highest BCUT2D eigenvalue weighted by Crippen LogP contribution is 2.19. The second-order valence-electron chi connectivity index (χ2n) is 6.38. The average Bonchev–Trinajstić information content (AvgIpc) is 2.30. The van der Waals surface area contributed by atoms with Gasteiger partial charge in [-0.3, -0.25) is 9.69 Å². The Balaban J connectivity index is 2.73. The molecule has 0 saturated heterocycles. The summed E-state index contributed by atoms with van der Waals surface area (Å²) in [6.45, 7) is 8.87. The first-order valence-electron chi connectivity index (χ1n) is 6.66. The number of nitrogens with two attached hydrogens (primary N) is 1. The molecule has 0 heterocycles. The van der Waals surface area contributed by atoms with Crippen molar-refractivity contribution in [2.45, 2.75) is 33.7 Å². The molecule has 0 aliphatic carbocycles. The average molecular weight is 281 g/mol. The Bertz CT molecular complexity index is 482. The number of rotatable bonds is 4. The molecule has 0 saturated carbocycles. The molecule has 1 atom stereocenters. The van der Waals surface area contributed by atoms with E-state index in [4.69, 9.17) is 5.73 Å². The van der Waals surface area contributed by atoms with Gasteiger partial charge < -0.3 is 11.1 Å². The number of benzene rings is 1. The third-order valence-electron chi connectivity index (χ3n) is 3.01. The van der Waals surface area contributed by atoms with Gasteiger partial charge in [-0.25, -0.2) is 4.39 Å². The van der Waals surface area contributed by atoms with Gasteiger partial charge in [0.25, 0.3) is 0 Å². The van der Waals surface area contributed by atoms with Crippen molar-refractivity contribution in [3.05, 3.63) is 24.0 Å². The summed E-state index contributed by atoms with van der Waals surface area (Å²) in [5.41, 5.74) is 6.21. The van der Waals surface area contributed by atoms with Crippen molar-refractivity contribution >= 4 is 17.3 Å². The van der Waals surface area contributed by atoms with Gasteiger partial charge >= 0.3 is 0 Å². The third kappa shape index (κ3) is 4.81. The normalized spacial score (nSPS) is 13.3. The second-order valence-corrected chi connectivity index (χ2v) is 6.38. The minimum atomic E-state index is -0.488. The highest BCUT2D eigenvalue weighted by molar-refractivity contribution is 5.95. The van der Waals surface area contributed by atoms with E-state index in [9.17, 15) is 9.18 Å². The van der Waals surface area contributed by atoms with Crippen LogP contribution in [0.3, 0.4) is 0 Å². The number of carbonyl (C=O) groups excluding carboxylic acids is 1. The van der Waals surface area contributed by atoms with Crippen LogP contribution in [-0.2, 0) is 4.79 Å². The molecule has 0 aromatic heterocycles. The summed E-state index contributed by atoms with van der Waals surface area (Å²) in [5.74, 6) is -0.737. The molecule has 1 rings (SSSR count). The Labute approximate surface area is 120 Å². The van der Waals surface area contributed by atoms with Crippen molar-refractivity contribution in [1.82, 2.24) is 4.90 Å². The standard InChI is InChI=1S/C15H24FN3O/c1-10(19(5)9-15(2,3)4)14(20)18-13-8-11(17)6-7-12(13)16/h6-8,10H,9,17H2,1-5H3,(H,18,20). The molecule has 112 valence electrons. The summed E-state index contributed by atoms with van der Waals surface area (Å²) in [6.07, 6.45) is 0. The molecule has 1 amide bonds. The maximum absolute atomic E-state index is 13.6. The van der Waals surface area contributed by atoms with Crippen LogP contribution in [0.2, 0.25) is 0 Å². The first-order chi connectivity index (χ1) is 9.10. The van der Waals surface area contributed by atoms with Crippen molar-refractivity contribution in [2.75, 3.05) is 24.6 Å². The van der Waals surface area contributed by atoms with Gasteiger partial charge in [0.05, 0.1) is 11.7 Å². The van der Waals surface area contributed by atoms with Crippen LogP contribution in [0, 0.1) is 11.2 Å². The fraction of sp³-hybridized carbons (Fsp3) is 0.533. The number of likely N-dealkylation sites (N-methyl/N-ethyl adjacent to an activating group) is 1. The predicted octanol–water partition coefficient (Wildman–Crippen LogP) is 2.71. The number of carbonyl (C=O) groups is 1. The largest absolute Gasteiger partial charge is 0.399 e. The van der Waals surface area contributed by atoms with Gasteiger partial charge in [-0.05, 0) is 37.6 Å². The number of nitrogens with zero attached hydrogens (tertiary/aromatic N) is 1. The molecule has 0 bridgehead atoms. The molecule has 5 heteroatoms. The van der Waals surface area contributed by atoms with Gasteiger partial charge in [-0.1, -0.05) is 20.8 Å². The molecule has 4 nitrogen and oxygen atoms in total. The molecule has 3 N–H and O–H groups in total. The van der Waals surface area contributed by atoms with E-state index in [1.165, 1.54) is 18.2 Å². The Morgan fingerprint density at radius 2 is 2.05 bits per heavy atom. The smallest absolute Gasteiger partial charge is 0.241 e. The molecular formula is C15H24FN3O. The first kappa shape index (κ1) is 16.4. The molecule has 0 aliphatic rings. The van der Waals surface area contributed by atoms with E-state index in [1.54, 1.807) is 6.92 Å². The minimum Gasteiger partial charge on any atom is -0.399 e. The molecule has 0 aliphatic heterocycles. The second kappa shape index (κ2) is 6.22. The summed E-state index contributed by atoms with van der Waals surface area (Å²) in [5, 5.41) is 2.58. The molecule has 0 radical (unpaired) electrons. The van der Waals surface area contributed by atoms with Crippen LogP contribution in [0.25, 0.3) is 0 Å². The number of halogens is 1. The van der Waals surface area contributed by atoms with Crippen LogP contribution in [0.1, 0.15) is 27.7 Å². The first-order valence-corrected chi connectivity index (χ1v) is 6.66. The van der Waals surface area contributed by atoms with Gasteiger partial charge in [-0.2, -0.15) is 0 Å². The van der Waals surface area contributed by atoms with Crippen LogP contribution in [0.5, 0.6) is 0 Å². The predicted molar refractivity (Wildman–Crippen MR) is 81.0 cm³/mol. The van der Waals surface area contributed by atoms with E-state index in [2.05, 4.69) is 26.1 Å². The van der Waals surface area contributed by atoms with Gasteiger partial charge in [-0.15, -0.1) is 0 Å². The lowest BCUT2D eigenvalue weighted by Crippen LogP contribution is -2.43. The van der Waals surface area contributed by atoms with Crippen LogP contribution in [-0.4, -0.2) is 30.4 Å². The molecule has 0 fully saturated rings. The topological polar surface area (TPSA) is 58.4 Å². The molecule has 20 heavy (non-hydrogen) atoms. The summed E-state index contributed by atoms with van der Waals surface area (Å²) in [6, 6.07) is 3.77. The monoisotopic (exact) mass is 281 g/mol. The zero-order chi connectivity index (χ0) is 15.5. The van der Waals surface area contributed by atoms with E-state index in [0.717, 1.165) is 6.54 Å². The van der Waals surface area contributed by atoms with Crippen molar-refractivity contribution < 1.29 is 9.18 Å². The summed E-state index contributed by atoms with van der Waals surface area (Å²) in [7, 11) is 1.88. The Morgan fingerprint density at radius 1 is 1.45 bits per heavy atom. The van der Waals surface area contributed by atoms with Crippen LogP contribution >= 0.6 is 0 Å². The van der Waals surface area contributed by atoms with E-state index in [-0.39, 0.29) is 23.1 Å². The number of nitrogen functional groups attached to an aromatic ring is 1. The third-order valence-corrected chi connectivity index (χ3v) is 3.01. The van der Waals surface area contributed by atoms with Gasteiger partial charge in [0.2, 0.25) is 5.91 Å². The SMILES string of the molecule is CC(C(=O)Nc1cc(N)ccc1F)N(C)CC(C)(C)C. The fourth-order valence-corrected chi connectivity index (χ4v) is 1.96. The lowest BCUT2D eigenvalue weighted by Gasteiger charge is -2.30. The maximum Gasteiger partial charge on any atom is 0.241 e. The number of anilines is 2. The molecule has 1 aromatic rings. The highest BCUT2D eigenvalue weighted by atomic mass is 19.1. The van der Waals surface area contributed by atoms with Crippen LogP contribution in [0.15, 0.2) is 18.2 Å². The minimum absolute atomic E-state index is 0.0890. The Kier molecular flexibility index (Phi) is 5.11. The molecule has 1 aromatic carbocycles. The van der Waals surface area contributed by atoms with Crippen molar-refractivity contribution in [3.8, 4) is 0 Å². The van der Waals surface area contributed by atoms with Crippen molar-refractivity contribution in [2.24, 2.45) is 5.41 Å². The molecular weight excluding hydrogens is 257 g/mol. The molecule has 0 spiro atoms. The Morgan fingerprint density at radius 3 is 2.60 bits per heavy atom. The summed E-state index contributed by atoms with van der Waals surface area (Å²) in [4.78, 5) is 14.1. The van der Waals surface area contributed by atoms with E-state index in [0.29, 0.717) is 5.69 Å². The zero-order valence-electron chi connectivity index (χ0n) is 12.8. The number of hydrogen-bond acceptors (Lipinski definition) is 3. The van der Waals surface area contributed by atoms with Gasteiger partial charge in [0.15, 0.2) is 0 Å². The number of hydrogen-bond donors (Lipinski definition) is 2. The van der Waals surface area contributed by atoms with Crippen molar-refractivity contribution in [3.63, 3.8) is 0 Å².